The van der Waals surface area contributed by atoms with Gasteiger partial charge in [0.25, 0.3) is 0 Å². The average molecular weight is 273 g/mol. The minimum atomic E-state index is -3.82. The van der Waals surface area contributed by atoms with Crippen LogP contribution in [0.5, 0.6) is 5.75 Å². The molecular weight excluding hydrogens is 254 g/mol. The second kappa shape index (κ2) is 6.03. The lowest BCUT2D eigenvalue weighted by Crippen LogP contribution is -2.17. The van der Waals surface area contributed by atoms with Crippen molar-refractivity contribution >= 4 is 15.7 Å². The number of primary sulfonamides is 1. The number of ether oxygens (including phenoxy) is 1. The highest BCUT2D eigenvalue weighted by Gasteiger charge is 2.15. The number of benzene rings is 1. The molecule has 1 aromatic rings. The molecule has 0 bridgehead atoms. The Balaban J connectivity index is 2.77. The summed E-state index contributed by atoms with van der Waals surface area (Å²) in [6.07, 6.45) is 0.793. The van der Waals surface area contributed by atoms with Gasteiger partial charge in [-0.1, -0.05) is 0 Å². The first-order valence-electron chi connectivity index (χ1n) is 5.50. The Morgan fingerprint density at radius 2 is 2.00 bits per heavy atom. The van der Waals surface area contributed by atoms with E-state index in [0.29, 0.717) is 12.3 Å². The van der Waals surface area contributed by atoms with Crippen LogP contribution in [0.1, 0.15) is 6.42 Å². The molecule has 0 heterocycles. The summed E-state index contributed by atoms with van der Waals surface area (Å²) in [6, 6.07) is 4.40. The van der Waals surface area contributed by atoms with Gasteiger partial charge in [-0.3, -0.25) is 0 Å². The van der Waals surface area contributed by atoms with E-state index in [4.69, 9.17) is 15.6 Å². The number of hydrogen-bond acceptors (Lipinski definition) is 5. The minimum absolute atomic E-state index is 0.0765. The molecule has 18 heavy (non-hydrogen) atoms. The number of nitrogens with two attached hydrogens (primary N) is 2. The van der Waals surface area contributed by atoms with Crippen molar-refractivity contribution in [3.05, 3.63) is 18.2 Å². The number of hydrogen-bond donors (Lipinski definition) is 2. The quantitative estimate of drug-likeness (QED) is 0.571. The molecule has 0 aliphatic rings. The molecule has 0 aliphatic carbocycles. The largest absolute Gasteiger partial charge is 0.492 e. The van der Waals surface area contributed by atoms with Gasteiger partial charge in [0.1, 0.15) is 10.6 Å². The van der Waals surface area contributed by atoms with Gasteiger partial charge in [0.15, 0.2) is 0 Å². The molecule has 0 spiro atoms. The van der Waals surface area contributed by atoms with Gasteiger partial charge in [-0.25, -0.2) is 13.6 Å². The Morgan fingerprint density at radius 3 is 2.56 bits per heavy atom. The van der Waals surface area contributed by atoms with E-state index in [9.17, 15) is 8.42 Å². The van der Waals surface area contributed by atoms with Crippen LogP contribution >= 0.6 is 0 Å². The molecule has 1 aromatic carbocycles. The van der Waals surface area contributed by atoms with E-state index in [-0.39, 0.29) is 10.6 Å². The van der Waals surface area contributed by atoms with Crippen LogP contribution in [0, 0.1) is 0 Å². The van der Waals surface area contributed by atoms with Crippen molar-refractivity contribution in [1.29, 1.82) is 0 Å². The molecule has 0 saturated carbocycles. The Morgan fingerprint density at radius 1 is 1.33 bits per heavy atom. The normalized spacial score (nSPS) is 11.8. The van der Waals surface area contributed by atoms with E-state index < -0.39 is 10.0 Å². The van der Waals surface area contributed by atoms with E-state index in [1.54, 1.807) is 6.07 Å². The van der Waals surface area contributed by atoms with Crippen molar-refractivity contribution in [2.75, 3.05) is 33.0 Å². The molecular formula is C11H19N3O3S. The van der Waals surface area contributed by atoms with E-state index in [1.807, 2.05) is 19.0 Å². The van der Waals surface area contributed by atoms with Crippen LogP contribution in [-0.4, -0.2) is 40.6 Å². The summed E-state index contributed by atoms with van der Waals surface area (Å²) in [5, 5.41) is 5.11. The molecule has 0 unspecified atom stereocenters. The lowest BCUT2D eigenvalue weighted by molar-refractivity contribution is 0.276. The molecule has 0 atom stereocenters. The number of sulfonamides is 1. The van der Waals surface area contributed by atoms with Crippen LogP contribution in [0.25, 0.3) is 0 Å². The highest BCUT2D eigenvalue weighted by molar-refractivity contribution is 7.89. The third-order valence-electron chi connectivity index (χ3n) is 2.28. The van der Waals surface area contributed by atoms with Gasteiger partial charge in [0, 0.05) is 12.2 Å². The Hall–Kier alpha value is -1.31. The summed E-state index contributed by atoms with van der Waals surface area (Å²) in [5.41, 5.74) is 5.87. The monoisotopic (exact) mass is 273 g/mol. The van der Waals surface area contributed by atoms with Crippen LogP contribution in [0.3, 0.4) is 0 Å². The lowest BCUT2D eigenvalue weighted by atomic mass is 10.3. The van der Waals surface area contributed by atoms with Crippen LogP contribution < -0.4 is 15.6 Å². The zero-order valence-corrected chi connectivity index (χ0v) is 11.4. The summed E-state index contributed by atoms with van der Waals surface area (Å²) in [5.74, 6) is 0.241. The number of nitrogens with zero attached hydrogens (tertiary/aromatic N) is 1. The molecule has 4 N–H and O–H groups in total. The van der Waals surface area contributed by atoms with E-state index in [1.165, 1.54) is 12.1 Å². The number of anilines is 1. The Bertz CT molecular complexity index is 500. The summed E-state index contributed by atoms with van der Waals surface area (Å²) < 4.78 is 28.2. The third kappa shape index (κ3) is 4.52. The maximum Gasteiger partial charge on any atom is 0.241 e. The van der Waals surface area contributed by atoms with Crippen molar-refractivity contribution < 1.29 is 13.2 Å². The topological polar surface area (TPSA) is 98.7 Å². The van der Waals surface area contributed by atoms with Crippen molar-refractivity contribution in [2.24, 2.45) is 5.14 Å². The first-order valence-corrected chi connectivity index (χ1v) is 7.05. The molecule has 7 heteroatoms. The van der Waals surface area contributed by atoms with Crippen LogP contribution in [0.2, 0.25) is 0 Å². The molecule has 0 aromatic heterocycles. The standard InChI is InChI=1S/C11H19N3O3S/c1-14(2)6-3-7-17-10-5-4-9(12)8-11(10)18(13,15)16/h4-5,8H,3,6-7,12H2,1-2H3,(H2,13,15,16). The van der Waals surface area contributed by atoms with Crippen LogP contribution in [-0.2, 0) is 10.0 Å². The molecule has 0 fully saturated rings. The highest BCUT2D eigenvalue weighted by atomic mass is 32.2. The molecule has 1 rings (SSSR count). The van der Waals surface area contributed by atoms with Crippen molar-refractivity contribution in [3.63, 3.8) is 0 Å². The summed E-state index contributed by atoms with van der Waals surface area (Å²) in [4.78, 5) is 1.94. The predicted molar refractivity (Wildman–Crippen MR) is 70.9 cm³/mol. The van der Waals surface area contributed by atoms with Gasteiger partial charge in [-0.15, -0.1) is 0 Å². The highest BCUT2D eigenvalue weighted by Crippen LogP contribution is 2.25. The van der Waals surface area contributed by atoms with Crippen molar-refractivity contribution in [3.8, 4) is 5.75 Å². The summed E-state index contributed by atoms with van der Waals surface area (Å²) >= 11 is 0. The van der Waals surface area contributed by atoms with Crippen LogP contribution in [0.15, 0.2) is 23.1 Å². The van der Waals surface area contributed by atoms with Gasteiger partial charge in [0.2, 0.25) is 10.0 Å². The molecule has 0 aliphatic heterocycles. The van der Waals surface area contributed by atoms with E-state index >= 15 is 0 Å². The predicted octanol–water partition coefficient (Wildman–Crippen LogP) is 0.247. The zero-order valence-electron chi connectivity index (χ0n) is 10.6. The first-order chi connectivity index (χ1) is 8.30. The maximum atomic E-state index is 11.4. The second-order valence-corrected chi connectivity index (χ2v) is 5.79. The van der Waals surface area contributed by atoms with E-state index in [2.05, 4.69) is 0 Å². The fourth-order valence-electron chi connectivity index (χ4n) is 1.43. The van der Waals surface area contributed by atoms with Gasteiger partial charge >= 0.3 is 0 Å². The fourth-order valence-corrected chi connectivity index (χ4v) is 2.14. The Labute approximate surface area is 108 Å². The van der Waals surface area contributed by atoms with Gasteiger partial charge in [-0.05, 0) is 38.7 Å². The van der Waals surface area contributed by atoms with Crippen molar-refractivity contribution in [1.82, 2.24) is 4.90 Å². The molecule has 0 radical (unpaired) electrons. The first kappa shape index (κ1) is 14.7. The Kier molecular flexibility index (Phi) is 4.94. The fraction of sp³-hybridized carbons (Fsp3) is 0.455. The maximum absolute atomic E-state index is 11.4. The summed E-state index contributed by atoms with van der Waals surface area (Å²) in [7, 11) is 0.0898. The van der Waals surface area contributed by atoms with Gasteiger partial charge in [0.05, 0.1) is 6.61 Å². The number of rotatable bonds is 6. The number of nitrogen functional groups attached to an aromatic ring is 1. The van der Waals surface area contributed by atoms with Gasteiger partial charge < -0.3 is 15.4 Å². The SMILES string of the molecule is CN(C)CCCOc1ccc(N)cc1S(N)(=O)=O. The molecule has 0 saturated heterocycles. The smallest absolute Gasteiger partial charge is 0.241 e. The van der Waals surface area contributed by atoms with Crippen molar-refractivity contribution in [2.45, 2.75) is 11.3 Å². The molecule has 0 amide bonds. The summed E-state index contributed by atoms with van der Waals surface area (Å²) in [6.45, 7) is 1.28. The molecule has 102 valence electrons. The average Bonchev–Trinajstić information content (AvgIpc) is 2.24. The minimum Gasteiger partial charge on any atom is -0.492 e. The second-order valence-electron chi connectivity index (χ2n) is 4.26. The zero-order chi connectivity index (χ0) is 13.8. The van der Waals surface area contributed by atoms with Gasteiger partial charge in [-0.2, -0.15) is 0 Å². The van der Waals surface area contributed by atoms with Crippen LogP contribution in [0.4, 0.5) is 5.69 Å². The lowest BCUT2D eigenvalue weighted by Gasteiger charge is -2.12. The van der Waals surface area contributed by atoms with E-state index in [0.717, 1.165) is 13.0 Å². The molecule has 6 nitrogen and oxygen atoms in total. The third-order valence-corrected chi connectivity index (χ3v) is 3.21.